The number of allylic oxidation sites excluding steroid dienone is 3. The van der Waals surface area contributed by atoms with Crippen LogP contribution in [0.1, 0.15) is 18.1 Å². The fourth-order valence-electron chi connectivity index (χ4n) is 2.78. The van der Waals surface area contributed by atoms with Gasteiger partial charge in [0.2, 0.25) is 5.76 Å². The van der Waals surface area contributed by atoms with Gasteiger partial charge < -0.3 is 19.2 Å². The number of ether oxygens (including phenoxy) is 3. The van der Waals surface area contributed by atoms with Crippen molar-refractivity contribution in [3.63, 3.8) is 0 Å². The number of hydrogen-bond acceptors (Lipinski definition) is 4. The molecule has 0 aliphatic carbocycles. The lowest BCUT2D eigenvalue weighted by atomic mass is 10.0. The van der Waals surface area contributed by atoms with Crippen molar-refractivity contribution in [2.75, 3.05) is 21.3 Å². The molecular weight excluding hydrogens is 342 g/mol. The average Bonchev–Trinajstić information content (AvgIpc) is 3.08. The van der Waals surface area contributed by atoms with Gasteiger partial charge in [-0.1, -0.05) is 18.7 Å². The Morgan fingerprint density at radius 1 is 1.11 bits per heavy atom. The summed E-state index contributed by atoms with van der Waals surface area (Å²) < 4.78 is 15.6. The van der Waals surface area contributed by atoms with Crippen LogP contribution in [0, 0.1) is 6.92 Å². The van der Waals surface area contributed by atoms with Gasteiger partial charge in [0, 0.05) is 22.7 Å². The van der Waals surface area contributed by atoms with Crippen molar-refractivity contribution >= 4 is 22.8 Å². The molecule has 0 saturated heterocycles. The van der Waals surface area contributed by atoms with Crippen LogP contribution in [0.5, 0.6) is 0 Å². The van der Waals surface area contributed by atoms with Gasteiger partial charge in [-0.15, -0.1) is 0 Å². The van der Waals surface area contributed by atoms with Gasteiger partial charge in [0.25, 0.3) is 0 Å². The molecule has 0 aliphatic rings. The number of rotatable bonds is 8. The minimum Gasteiger partial charge on any atom is -0.493 e. The second kappa shape index (κ2) is 8.94. The normalized spacial score (nSPS) is 12.9. The Balaban J connectivity index is 2.31. The molecule has 0 amide bonds. The highest BCUT2D eigenvalue weighted by Crippen LogP contribution is 2.24. The van der Waals surface area contributed by atoms with E-state index in [0.29, 0.717) is 22.9 Å². The number of H-pyrrole nitrogens is 1. The first-order chi connectivity index (χ1) is 12.9. The van der Waals surface area contributed by atoms with Gasteiger partial charge in [0.05, 0.1) is 21.3 Å². The summed E-state index contributed by atoms with van der Waals surface area (Å²) in [6.07, 6.45) is 6.77. The molecule has 1 aromatic heterocycles. The van der Waals surface area contributed by atoms with Crippen LogP contribution in [0.3, 0.4) is 0 Å². The van der Waals surface area contributed by atoms with Gasteiger partial charge in [0.1, 0.15) is 0 Å². The van der Waals surface area contributed by atoms with E-state index < -0.39 is 0 Å². The molecular formula is C22H25NO4. The van der Waals surface area contributed by atoms with Crippen LogP contribution in [0.4, 0.5) is 0 Å². The van der Waals surface area contributed by atoms with Crippen LogP contribution in [0.2, 0.25) is 0 Å². The Morgan fingerprint density at radius 2 is 1.85 bits per heavy atom. The van der Waals surface area contributed by atoms with Gasteiger partial charge in [-0.2, -0.15) is 0 Å². The number of benzene rings is 1. The number of aromatic amines is 1. The van der Waals surface area contributed by atoms with Crippen LogP contribution in [0.15, 0.2) is 66.0 Å². The Bertz CT molecular complexity index is 944. The second-order valence-electron chi connectivity index (χ2n) is 6.00. The Labute approximate surface area is 159 Å². The molecule has 5 nitrogen and oxygen atoms in total. The van der Waals surface area contributed by atoms with E-state index in [0.717, 1.165) is 22.0 Å². The summed E-state index contributed by atoms with van der Waals surface area (Å²) in [6.45, 7) is 7.58. The Hall–Kier alpha value is -3.21. The molecule has 142 valence electrons. The highest BCUT2D eigenvalue weighted by Gasteiger charge is 2.11. The van der Waals surface area contributed by atoms with Crippen molar-refractivity contribution in [3.8, 4) is 0 Å². The van der Waals surface area contributed by atoms with E-state index in [9.17, 15) is 4.79 Å². The van der Waals surface area contributed by atoms with Crippen LogP contribution in [-0.4, -0.2) is 32.1 Å². The van der Waals surface area contributed by atoms with Crippen molar-refractivity contribution in [2.24, 2.45) is 0 Å². The summed E-state index contributed by atoms with van der Waals surface area (Å²) in [5.74, 6) is 0.866. The molecule has 1 N–H and O–H groups in total. The maximum atomic E-state index is 12.5. The van der Waals surface area contributed by atoms with E-state index in [2.05, 4.69) is 24.6 Å². The number of aromatic nitrogens is 1. The lowest BCUT2D eigenvalue weighted by Crippen LogP contribution is -2.01. The van der Waals surface area contributed by atoms with E-state index in [1.165, 1.54) is 27.4 Å². The standard InChI is InChI=1S/C22H25NO4/c1-14-8-7-9-18-21(14)17(13-23-18)12-15(2)19(24)10-11-20(26-5)22(27-6)16(3)25-4/h7-13,23H,3H2,1-2,4-6H3/b11-10+,15-12+,22-20-. The topological polar surface area (TPSA) is 60.5 Å². The number of methoxy groups -OCH3 is 3. The smallest absolute Gasteiger partial charge is 0.202 e. The van der Waals surface area contributed by atoms with Crippen molar-refractivity contribution in [1.82, 2.24) is 4.98 Å². The molecule has 0 fully saturated rings. The minimum atomic E-state index is -0.133. The van der Waals surface area contributed by atoms with Gasteiger partial charge in [-0.05, 0) is 49.3 Å². The number of nitrogens with one attached hydrogen (secondary N) is 1. The predicted octanol–water partition coefficient (Wildman–Crippen LogP) is 4.67. The zero-order valence-corrected chi connectivity index (χ0v) is 16.4. The number of hydrogen-bond donors (Lipinski definition) is 1. The van der Waals surface area contributed by atoms with Gasteiger partial charge >= 0.3 is 0 Å². The quantitative estimate of drug-likeness (QED) is 0.418. The molecule has 27 heavy (non-hydrogen) atoms. The zero-order chi connectivity index (χ0) is 20.0. The van der Waals surface area contributed by atoms with E-state index in [1.807, 2.05) is 24.4 Å². The Kier molecular flexibility index (Phi) is 6.66. The van der Waals surface area contributed by atoms with Crippen molar-refractivity contribution in [3.05, 3.63) is 77.1 Å². The molecule has 0 atom stereocenters. The summed E-state index contributed by atoms with van der Waals surface area (Å²) in [5, 5.41) is 1.11. The minimum absolute atomic E-state index is 0.133. The molecule has 0 radical (unpaired) electrons. The number of fused-ring (bicyclic) bond motifs is 1. The summed E-state index contributed by atoms with van der Waals surface area (Å²) in [6, 6.07) is 6.07. The third-order valence-electron chi connectivity index (χ3n) is 4.24. The molecule has 1 heterocycles. The maximum Gasteiger partial charge on any atom is 0.202 e. The molecule has 5 heteroatoms. The van der Waals surface area contributed by atoms with Crippen LogP contribution in [-0.2, 0) is 19.0 Å². The highest BCUT2D eigenvalue weighted by molar-refractivity contribution is 6.08. The first kappa shape index (κ1) is 20.1. The van der Waals surface area contributed by atoms with Crippen LogP contribution < -0.4 is 0 Å². The largest absolute Gasteiger partial charge is 0.493 e. The predicted molar refractivity (Wildman–Crippen MR) is 108 cm³/mol. The van der Waals surface area contributed by atoms with Gasteiger partial charge in [-0.25, -0.2) is 0 Å². The highest BCUT2D eigenvalue weighted by atomic mass is 16.5. The molecule has 0 bridgehead atoms. The fourth-order valence-corrected chi connectivity index (χ4v) is 2.78. The number of aryl methyl sites for hydroxylation is 1. The SMILES string of the molecule is C=C(OC)/C(OC)=C(\C=C\C(=O)/C(C)=C/c1c[nH]c2cccc(C)c12)OC. The van der Waals surface area contributed by atoms with E-state index in [1.54, 1.807) is 13.0 Å². The molecule has 0 spiro atoms. The van der Waals surface area contributed by atoms with E-state index in [-0.39, 0.29) is 5.78 Å². The monoisotopic (exact) mass is 367 g/mol. The van der Waals surface area contributed by atoms with Crippen molar-refractivity contribution < 1.29 is 19.0 Å². The second-order valence-corrected chi connectivity index (χ2v) is 6.00. The maximum absolute atomic E-state index is 12.5. The average molecular weight is 367 g/mol. The fraction of sp³-hybridized carbons (Fsp3) is 0.227. The lowest BCUT2D eigenvalue weighted by Gasteiger charge is -2.11. The summed E-state index contributed by atoms with van der Waals surface area (Å²) in [5.41, 5.74) is 3.79. The van der Waals surface area contributed by atoms with Crippen LogP contribution >= 0.6 is 0 Å². The molecule has 0 aliphatic heterocycles. The van der Waals surface area contributed by atoms with E-state index >= 15 is 0 Å². The first-order valence-corrected chi connectivity index (χ1v) is 8.45. The number of ketones is 1. The summed E-state index contributed by atoms with van der Waals surface area (Å²) in [4.78, 5) is 15.8. The van der Waals surface area contributed by atoms with E-state index in [4.69, 9.17) is 14.2 Å². The Morgan fingerprint density at radius 3 is 2.48 bits per heavy atom. The van der Waals surface area contributed by atoms with Gasteiger partial charge in [-0.3, -0.25) is 4.79 Å². The van der Waals surface area contributed by atoms with Gasteiger partial charge in [0.15, 0.2) is 17.3 Å². The zero-order valence-electron chi connectivity index (χ0n) is 16.4. The molecule has 0 saturated carbocycles. The number of carbonyl (C=O) groups is 1. The molecule has 2 aromatic rings. The number of carbonyl (C=O) groups excluding carboxylic acids is 1. The summed E-state index contributed by atoms with van der Waals surface area (Å²) in [7, 11) is 4.46. The first-order valence-electron chi connectivity index (χ1n) is 8.45. The van der Waals surface area contributed by atoms with Crippen molar-refractivity contribution in [2.45, 2.75) is 13.8 Å². The lowest BCUT2D eigenvalue weighted by molar-refractivity contribution is -0.111. The third kappa shape index (κ3) is 4.50. The van der Waals surface area contributed by atoms with Crippen LogP contribution in [0.25, 0.3) is 17.0 Å². The van der Waals surface area contributed by atoms with Crippen molar-refractivity contribution in [1.29, 1.82) is 0 Å². The molecule has 0 unspecified atom stereocenters. The molecule has 2 rings (SSSR count). The molecule has 1 aromatic carbocycles. The third-order valence-corrected chi connectivity index (χ3v) is 4.24. The summed E-state index contributed by atoms with van der Waals surface area (Å²) >= 11 is 0.